The van der Waals surface area contributed by atoms with Crippen molar-refractivity contribution in [2.45, 2.75) is 25.7 Å². The Kier molecular flexibility index (Phi) is 6.45. The third-order valence-electron chi connectivity index (χ3n) is 6.98. The van der Waals surface area contributed by atoms with Crippen molar-refractivity contribution in [3.05, 3.63) is 28.9 Å². The molecule has 3 N–H and O–H groups in total. The molecule has 0 radical (unpaired) electrons. The van der Waals surface area contributed by atoms with Crippen LogP contribution >= 0.6 is 11.6 Å². The number of ether oxygens (including phenoxy) is 3. The van der Waals surface area contributed by atoms with Gasteiger partial charge in [0.2, 0.25) is 5.95 Å². The molecule has 4 heterocycles. The molecule has 0 bridgehead atoms. The van der Waals surface area contributed by atoms with Crippen molar-refractivity contribution in [2.75, 3.05) is 56.7 Å². The number of morpholine rings is 1. The molecule has 0 unspecified atom stereocenters. The number of rotatable bonds is 6. The molecular formula is C25H29ClN6O4. The van der Waals surface area contributed by atoms with Gasteiger partial charge in [-0.25, -0.2) is 0 Å². The van der Waals surface area contributed by atoms with Crippen LogP contribution in [0.3, 0.4) is 0 Å². The molecule has 190 valence electrons. The van der Waals surface area contributed by atoms with Crippen LogP contribution in [0.4, 0.5) is 17.5 Å². The van der Waals surface area contributed by atoms with Crippen molar-refractivity contribution in [1.29, 1.82) is 0 Å². The number of anilines is 3. The standard InChI is InChI=1S/C25H29ClN6O4/c26-17-14-28-23-19(17)22(27-13-15-3-1-2-4-15)30-25(31-23)29-18-6-5-16(20-21(18)36-12-11-35-20)24(33)32-7-9-34-10-8-32/h5-6,14-15H,1-4,7-13H2,(H3,27,28,29,30,31). The summed E-state index contributed by atoms with van der Waals surface area (Å²) in [6, 6.07) is 3.57. The van der Waals surface area contributed by atoms with Crippen molar-refractivity contribution < 1.29 is 19.0 Å². The monoisotopic (exact) mass is 512 g/mol. The van der Waals surface area contributed by atoms with Crippen molar-refractivity contribution in [1.82, 2.24) is 19.9 Å². The number of carbonyl (C=O) groups is 1. The SMILES string of the molecule is O=C(c1ccc(Nc2nc(NCC3CCCC3)c3c(Cl)c[nH]c3n2)c2c1OCCO2)N1CCOCC1. The maximum Gasteiger partial charge on any atom is 0.257 e. The molecular weight excluding hydrogens is 484 g/mol. The van der Waals surface area contributed by atoms with E-state index in [1.807, 2.05) is 6.07 Å². The van der Waals surface area contributed by atoms with Crippen molar-refractivity contribution in [2.24, 2.45) is 5.92 Å². The van der Waals surface area contributed by atoms with E-state index in [0.29, 0.717) is 90.6 Å². The lowest BCUT2D eigenvalue weighted by Crippen LogP contribution is -2.41. The van der Waals surface area contributed by atoms with Crippen LogP contribution < -0.4 is 20.1 Å². The predicted molar refractivity (Wildman–Crippen MR) is 137 cm³/mol. The highest BCUT2D eigenvalue weighted by molar-refractivity contribution is 6.36. The van der Waals surface area contributed by atoms with Gasteiger partial charge < -0.3 is 34.7 Å². The lowest BCUT2D eigenvalue weighted by atomic mass is 10.1. The second-order valence-electron chi connectivity index (χ2n) is 9.33. The summed E-state index contributed by atoms with van der Waals surface area (Å²) >= 11 is 6.44. The van der Waals surface area contributed by atoms with Crippen molar-refractivity contribution >= 4 is 46.0 Å². The average molecular weight is 513 g/mol. The first-order valence-corrected chi connectivity index (χ1v) is 12.9. The number of nitrogens with zero attached hydrogens (tertiary/aromatic N) is 3. The molecule has 6 rings (SSSR count). The number of amides is 1. The van der Waals surface area contributed by atoms with E-state index in [1.54, 1.807) is 17.2 Å². The quantitative estimate of drug-likeness (QED) is 0.450. The summed E-state index contributed by atoms with van der Waals surface area (Å²) in [5, 5.41) is 8.11. The second kappa shape index (κ2) is 10.0. The van der Waals surface area contributed by atoms with Gasteiger partial charge in [0.25, 0.3) is 5.91 Å². The number of carbonyl (C=O) groups excluding carboxylic acids is 1. The van der Waals surface area contributed by atoms with Gasteiger partial charge in [-0.2, -0.15) is 9.97 Å². The van der Waals surface area contributed by atoms with Crippen LogP contribution in [0.25, 0.3) is 11.0 Å². The van der Waals surface area contributed by atoms with E-state index in [2.05, 4.69) is 20.6 Å². The number of H-pyrrole nitrogens is 1. The lowest BCUT2D eigenvalue weighted by Gasteiger charge is -2.29. The normalized spacial score (nSPS) is 18.0. The largest absolute Gasteiger partial charge is 0.485 e. The van der Waals surface area contributed by atoms with Crippen LogP contribution in [0.15, 0.2) is 18.3 Å². The highest BCUT2D eigenvalue weighted by Crippen LogP contribution is 2.42. The van der Waals surface area contributed by atoms with Gasteiger partial charge >= 0.3 is 0 Å². The molecule has 0 atom stereocenters. The third kappa shape index (κ3) is 4.51. The van der Waals surface area contributed by atoms with Crippen LogP contribution in [-0.4, -0.2) is 71.8 Å². The molecule has 2 aromatic heterocycles. The molecule has 1 aromatic carbocycles. The molecule has 2 aliphatic heterocycles. The molecule has 1 saturated heterocycles. The van der Waals surface area contributed by atoms with Gasteiger partial charge in [-0.3, -0.25) is 4.79 Å². The van der Waals surface area contributed by atoms with Gasteiger partial charge in [-0.15, -0.1) is 0 Å². The fourth-order valence-electron chi connectivity index (χ4n) is 5.10. The van der Waals surface area contributed by atoms with Crippen molar-refractivity contribution in [3.63, 3.8) is 0 Å². The van der Waals surface area contributed by atoms with E-state index in [-0.39, 0.29) is 5.91 Å². The smallest absolute Gasteiger partial charge is 0.257 e. The molecule has 3 aliphatic rings. The van der Waals surface area contributed by atoms with Gasteiger partial charge in [-0.1, -0.05) is 24.4 Å². The zero-order chi connectivity index (χ0) is 24.5. The number of aromatic amines is 1. The Morgan fingerprint density at radius 3 is 2.67 bits per heavy atom. The van der Waals surface area contributed by atoms with Crippen LogP contribution in [0.1, 0.15) is 36.0 Å². The number of hydrogen-bond acceptors (Lipinski definition) is 8. The summed E-state index contributed by atoms with van der Waals surface area (Å²) in [6.07, 6.45) is 6.73. The summed E-state index contributed by atoms with van der Waals surface area (Å²) in [7, 11) is 0. The Morgan fingerprint density at radius 1 is 1.08 bits per heavy atom. The van der Waals surface area contributed by atoms with E-state index in [4.69, 9.17) is 30.8 Å². The minimum atomic E-state index is -0.0938. The lowest BCUT2D eigenvalue weighted by molar-refractivity contribution is 0.0298. The summed E-state index contributed by atoms with van der Waals surface area (Å²) in [6.45, 7) is 3.78. The molecule has 2 fully saturated rings. The van der Waals surface area contributed by atoms with Gasteiger partial charge in [0.05, 0.1) is 34.9 Å². The Balaban J connectivity index is 1.30. The first kappa shape index (κ1) is 23.2. The summed E-state index contributed by atoms with van der Waals surface area (Å²) in [5.41, 5.74) is 1.74. The summed E-state index contributed by atoms with van der Waals surface area (Å²) < 4.78 is 17.3. The fraction of sp³-hybridized carbons (Fsp3) is 0.480. The Morgan fingerprint density at radius 2 is 1.86 bits per heavy atom. The van der Waals surface area contributed by atoms with E-state index in [1.165, 1.54) is 25.7 Å². The van der Waals surface area contributed by atoms with E-state index >= 15 is 0 Å². The van der Waals surface area contributed by atoms with E-state index in [0.717, 1.165) is 11.9 Å². The van der Waals surface area contributed by atoms with E-state index < -0.39 is 0 Å². The summed E-state index contributed by atoms with van der Waals surface area (Å²) in [4.78, 5) is 27.5. The first-order chi connectivity index (χ1) is 17.7. The summed E-state index contributed by atoms with van der Waals surface area (Å²) in [5.74, 6) is 2.53. The Bertz CT molecular complexity index is 1270. The molecule has 11 heteroatoms. The average Bonchev–Trinajstić information content (AvgIpc) is 3.58. The zero-order valence-corrected chi connectivity index (χ0v) is 20.7. The maximum atomic E-state index is 13.2. The Hall–Kier alpha value is -3.24. The molecule has 0 spiro atoms. The minimum Gasteiger partial charge on any atom is -0.485 e. The number of benzene rings is 1. The third-order valence-corrected chi connectivity index (χ3v) is 7.28. The molecule has 3 aromatic rings. The number of fused-ring (bicyclic) bond motifs is 2. The molecule has 10 nitrogen and oxygen atoms in total. The van der Waals surface area contributed by atoms with E-state index in [9.17, 15) is 4.79 Å². The zero-order valence-electron chi connectivity index (χ0n) is 19.9. The number of halogens is 1. The van der Waals surface area contributed by atoms with Gasteiger partial charge in [-0.05, 0) is 30.9 Å². The van der Waals surface area contributed by atoms with Crippen LogP contribution in [0, 0.1) is 5.92 Å². The van der Waals surface area contributed by atoms with Gasteiger partial charge in [0.1, 0.15) is 24.7 Å². The molecule has 1 amide bonds. The van der Waals surface area contributed by atoms with Crippen LogP contribution in [0.5, 0.6) is 11.5 Å². The number of aromatic nitrogens is 3. The molecule has 1 aliphatic carbocycles. The predicted octanol–water partition coefficient (Wildman–Crippen LogP) is 4.20. The minimum absolute atomic E-state index is 0.0938. The highest BCUT2D eigenvalue weighted by Gasteiger charge is 2.28. The van der Waals surface area contributed by atoms with Gasteiger partial charge in [0.15, 0.2) is 11.5 Å². The molecule has 1 saturated carbocycles. The van der Waals surface area contributed by atoms with Crippen molar-refractivity contribution in [3.8, 4) is 11.5 Å². The number of nitrogens with one attached hydrogen (secondary N) is 3. The number of hydrogen-bond donors (Lipinski definition) is 3. The Labute approximate surface area is 213 Å². The van der Waals surface area contributed by atoms with Crippen LogP contribution in [-0.2, 0) is 4.74 Å². The van der Waals surface area contributed by atoms with Gasteiger partial charge in [0, 0.05) is 25.8 Å². The fourth-order valence-corrected chi connectivity index (χ4v) is 5.33. The maximum absolute atomic E-state index is 13.2. The van der Waals surface area contributed by atoms with Crippen LogP contribution in [0.2, 0.25) is 5.02 Å². The highest BCUT2D eigenvalue weighted by atomic mass is 35.5. The topological polar surface area (TPSA) is 114 Å². The second-order valence-corrected chi connectivity index (χ2v) is 9.74. The first-order valence-electron chi connectivity index (χ1n) is 12.5. The molecule has 36 heavy (non-hydrogen) atoms.